The van der Waals surface area contributed by atoms with Crippen molar-refractivity contribution in [1.82, 2.24) is 0 Å². The second-order valence-electron chi connectivity index (χ2n) is 7.42. The predicted molar refractivity (Wildman–Crippen MR) is 110 cm³/mol. The van der Waals surface area contributed by atoms with Crippen LogP contribution >= 0.6 is 7.26 Å². The summed E-state index contributed by atoms with van der Waals surface area (Å²) in [6.45, 7) is 11.1. The molecule has 0 heterocycles. The molecular weight excluding hydrogens is 283 g/mol. The van der Waals surface area contributed by atoms with Gasteiger partial charge in [0.1, 0.15) is 0 Å². The number of allylic oxidation sites excluding steroid dienone is 1. The zero-order valence-corrected chi connectivity index (χ0v) is 17.1. The molecule has 0 unspecified atom stereocenters. The average Bonchev–Trinajstić information content (AvgIpc) is 2.53. The third-order valence-electron chi connectivity index (χ3n) is 5.26. The van der Waals surface area contributed by atoms with Crippen LogP contribution in [0.25, 0.3) is 0 Å². The summed E-state index contributed by atoms with van der Waals surface area (Å²) < 4.78 is 0. The van der Waals surface area contributed by atoms with Crippen molar-refractivity contribution < 1.29 is 0 Å². The van der Waals surface area contributed by atoms with Gasteiger partial charge in [-0.2, -0.15) is 0 Å². The van der Waals surface area contributed by atoms with Gasteiger partial charge in [-0.1, -0.05) is 0 Å². The van der Waals surface area contributed by atoms with E-state index < -0.39 is 7.26 Å². The molecular formula is C21H45P. The van der Waals surface area contributed by atoms with Crippen molar-refractivity contribution >= 4 is 7.26 Å². The quantitative estimate of drug-likeness (QED) is 0.146. The van der Waals surface area contributed by atoms with Crippen molar-refractivity contribution in [2.75, 3.05) is 24.6 Å². The zero-order chi connectivity index (χ0) is 16.5. The van der Waals surface area contributed by atoms with E-state index in [1.165, 1.54) is 83.2 Å². The van der Waals surface area contributed by atoms with Gasteiger partial charge in [-0.25, -0.2) is 0 Å². The van der Waals surface area contributed by atoms with E-state index in [0.29, 0.717) is 0 Å². The van der Waals surface area contributed by atoms with Gasteiger partial charge in [0, 0.05) is 0 Å². The molecule has 0 aliphatic rings. The van der Waals surface area contributed by atoms with Crippen molar-refractivity contribution in [2.24, 2.45) is 0 Å². The Morgan fingerprint density at radius 3 is 1.23 bits per heavy atom. The standard InChI is InChI=1S/C21H45P/c1-5-9-12-15-19-22(18-8-4,20-16-13-10-6-2)21-17-14-11-7-3/h8,22H,4-7,9-21H2,1-3H3. The number of hydrogen-bond acceptors (Lipinski definition) is 0. The molecule has 0 nitrogen and oxygen atoms in total. The van der Waals surface area contributed by atoms with Crippen LogP contribution in [0.3, 0.4) is 0 Å². The summed E-state index contributed by atoms with van der Waals surface area (Å²) in [7, 11) is -1.06. The Morgan fingerprint density at radius 2 is 0.955 bits per heavy atom. The Hall–Kier alpha value is 0.170. The van der Waals surface area contributed by atoms with Crippen LogP contribution in [0, 0.1) is 0 Å². The maximum absolute atomic E-state index is 4.11. The van der Waals surface area contributed by atoms with Crippen molar-refractivity contribution in [1.29, 1.82) is 0 Å². The summed E-state index contributed by atoms with van der Waals surface area (Å²) in [5.74, 6) is 0. The van der Waals surface area contributed by atoms with E-state index in [0.717, 1.165) is 0 Å². The molecule has 0 saturated heterocycles. The van der Waals surface area contributed by atoms with Crippen molar-refractivity contribution in [3.63, 3.8) is 0 Å². The first-order valence-corrected chi connectivity index (χ1v) is 13.2. The molecule has 134 valence electrons. The number of hydrogen-bond donors (Lipinski definition) is 0. The van der Waals surface area contributed by atoms with E-state index >= 15 is 0 Å². The van der Waals surface area contributed by atoms with Crippen molar-refractivity contribution in [3.8, 4) is 0 Å². The van der Waals surface area contributed by atoms with Crippen LogP contribution in [-0.2, 0) is 0 Å². The monoisotopic (exact) mass is 328 g/mol. The van der Waals surface area contributed by atoms with E-state index in [4.69, 9.17) is 0 Å². The number of unbranched alkanes of at least 4 members (excludes halogenated alkanes) is 9. The summed E-state index contributed by atoms with van der Waals surface area (Å²) in [6, 6.07) is 0. The molecule has 0 aliphatic carbocycles. The fourth-order valence-corrected chi connectivity index (χ4v) is 8.74. The molecule has 1 heteroatoms. The minimum absolute atomic E-state index is 1.06. The summed E-state index contributed by atoms with van der Waals surface area (Å²) in [5, 5.41) is 0. The van der Waals surface area contributed by atoms with Crippen molar-refractivity contribution in [2.45, 2.75) is 97.8 Å². The second-order valence-corrected chi connectivity index (χ2v) is 12.3. The van der Waals surface area contributed by atoms with Gasteiger partial charge < -0.3 is 0 Å². The normalized spacial score (nSPS) is 12.5. The fraction of sp³-hybridized carbons (Fsp3) is 0.905. The zero-order valence-electron chi connectivity index (χ0n) is 16.1. The first kappa shape index (κ1) is 22.2. The molecule has 0 radical (unpaired) electrons. The van der Waals surface area contributed by atoms with Crippen LogP contribution in [0.5, 0.6) is 0 Å². The van der Waals surface area contributed by atoms with Gasteiger partial charge in [-0.15, -0.1) is 0 Å². The maximum atomic E-state index is 4.11. The molecule has 0 rings (SSSR count). The molecule has 0 amide bonds. The molecule has 0 fully saturated rings. The van der Waals surface area contributed by atoms with Crippen LogP contribution in [0.2, 0.25) is 0 Å². The number of rotatable bonds is 17. The molecule has 0 atom stereocenters. The molecule has 22 heavy (non-hydrogen) atoms. The Morgan fingerprint density at radius 1 is 0.591 bits per heavy atom. The van der Waals surface area contributed by atoms with Crippen molar-refractivity contribution in [3.05, 3.63) is 12.7 Å². The van der Waals surface area contributed by atoms with Crippen LogP contribution in [0.4, 0.5) is 0 Å². The van der Waals surface area contributed by atoms with Crippen LogP contribution < -0.4 is 0 Å². The van der Waals surface area contributed by atoms with Gasteiger partial charge in [-0.3, -0.25) is 0 Å². The van der Waals surface area contributed by atoms with E-state index in [1.54, 1.807) is 18.5 Å². The summed E-state index contributed by atoms with van der Waals surface area (Å²) in [4.78, 5) is 0. The van der Waals surface area contributed by atoms with E-state index in [-0.39, 0.29) is 0 Å². The summed E-state index contributed by atoms with van der Waals surface area (Å²) >= 11 is 0. The fourth-order valence-electron chi connectivity index (χ4n) is 3.77. The average molecular weight is 329 g/mol. The molecule has 0 N–H and O–H groups in total. The van der Waals surface area contributed by atoms with Gasteiger partial charge >= 0.3 is 142 Å². The Kier molecular flexibility index (Phi) is 16.2. The van der Waals surface area contributed by atoms with Gasteiger partial charge in [-0.05, 0) is 0 Å². The Balaban J connectivity index is 4.43. The summed E-state index contributed by atoms with van der Waals surface area (Å²) in [5.41, 5.74) is 0. The topological polar surface area (TPSA) is 0 Å². The van der Waals surface area contributed by atoms with E-state index in [1.807, 2.05) is 0 Å². The van der Waals surface area contributed by atoms with Gasteiger partial charge in [0.25, 0.3) is 0 Å². The Bertz CT molecular complexity index is 203. The van der Waals surface area contributed by atoms with Crippen LogP contribution in [0.15, 0.2) is 12.7 Å². The molecule has 0 aliphatic heterocycles. The molecule has 0 saturated carbocycles. The Labute approximate surface area is 142 Å². The first-order chi connectivity index (χ1) is 10.7. The molecule has 0 aromatic rings. The van der Waals surface area contributed by atoms with E-state index in [9.17, 15) is 0 Å². The summed E-state index contributed by atoms with van der Waals surface area (Å²) in [6.07, 6.45) is 25.7. The molecule has 0 aromatic heterocycles. The second kappa shape index (κ2) is 16.0. The van der Waals surface area contributed by atoms with Gasteiger partial charge in [0.05, 0.1) is 0 Å². The molecule has 0 aromatic carbocycles. The van der Waals surface area contributed by atoms with Crippen LogP contribution in [-0.4, -0.2) is 24.6 Å². The van der Waals surface area contributed by atoms with Gasteiger partial charge in [0.2, 0.25) is 0 Å². The third-order valence-corrected chi connectivity index (χ3v) is 10.7. The van der Waals surface area contributed by atoms with Gasteiger partial charge in [0.15, 0.2) is 0 Å². The van der Waals surface area contributed by atoms with Crippen LogP contribution in [0.1, 0.15) is 97.8 Å². The SMILES string of the molecule is C=CC[PH](CCCCCC)(CCCCCC)CCCCCC. The minimum atomic E-state index is -1.06. The molecule has 0 spiro atoms. The first-order valence-electron chi connectivity index (χ1n) is 10.4. The predicted octanol–water partition coefficient (Wildman–Crippen LogP) is 7.66. The third kappa shape index (κ3) is 11.7. The van der Waals surface area contributed by atoms with E-state index in [2.05, 4.69) is 33.4 Å². The molecule has 0 bridgehead atoms.